The summed E-state index contributed by atoms with van der Waals surface area (Å²) in [6.07, 6.45) is 9.11. The summed E-state index contributed by atoms with van der Waals surface area (Å²) >= 11 is 0. The van der Waals surface area contributed by atoms with Gasteiger partial charge in [-0.2, -0.15) is 0 Å². The number of pyridine rings is 1. The lowest BCUT2D eigenvalue weighted by Crippen LogP contribution is -2.54. The minimum absolute atomic E-state index is 0.0808. The number of amides is 2. The number of rotatable bonds is 4. The van der Waals surface area contributed by atoms with Crippen LogP contribution in [0.3, 0.4) is 0 Å². The van der Waals surface area contributed by atoms with Crippen LogP contribution in [0.25, 0.3) is 0 Å². The third kappa shape index (κ3) is 5.32. The molecule has 28 heavy (non-hydrogen) atoms. The molecule has 1 aromatic heterocycles. The van der Waals surface area contributed by atoms with Crippen molar-refractivity contribution < 1.29 is 9.59 Å². The van der Waals surface area contributed by atoms with Crippen LogP contribution >= 0.6 is 0 Å². The summed E-state index contributed by atoms with van der Waals surface area (Å²) < 4.78 is 0. The van der Waals surface area contributed by atoms with Crippen LogP contribution in [0.15, 0.2) is 18.3 Å². The van der Waals surface area contributed by atoms with Gasteiger partial charge in [-0.3, -0.25) is 14.5 Å². The summed E-state index contributed by atoms with van der Waals surface area (Å²) in [6, 6.07) is 3.48. The average molecular weight is 383 g/mol. The zero-order valence-corrected chi connectivity index (χ0v) is 16.9. The Bertz CT molecular complexity index is 751. The van der Waals surface area contributed by atoms with Crippen molar-refractivity contribution in [2.24, 2.45) is 0 Å². The first kappa shape index (κ1) is 20.3. The predicted molar refractivity (Wildman–Crippen MR) is 110 cm³/mol. The molecule has 1 aliphatic carbocycles. The number of hydrogen-bond acceptors (Lipinski definition) is 4. The van der Waals surface area contributed by atoms with Crippen molar-refractivity contribution in [2.45, 2.75) is 70.4 Å². The van der Waals surface area contributed by atoms with Gasteiger partial charge in [-0.1, -0.05) is 31.1 Å². The van der Waals surface area contributed by atoms with Gasteiger partial charge in [0.25, 0.3) is 0 Å². The SMILES string of the molecule is CC(=O)Nc1ccc(C#CC2(NC(=O)[C@H](C)N3CCCC3)CCCCC2)cn1. The number of hydrogen-bond donors (Lipinski definition) is 2. The highest BCUT2D eigenvalue weighted by molar-refractivity contribution is 5.87. The summed E-state index contributed by atoms with van der Waals surface area (Å²) in [5.41, 5.74) is 0.320. The lowest BCUT2D eigenvalue weighted by atomic mass is 9.81. The second-order valence-corrected chi connectivity index (χ2v) is 7.91. The van der Waals surface area contributed by atoms with Crippen molar-refractivity contribution in [2.75, 3.05) is 18.4 Å². The molecule has 0 bridgehead atoms. The number of carbonyl (C=O) groups excluding carboxylic acids is 2. The second-order valence-electron chi connectivity index (χ2n) is 7.91. The van der Waals surface area contributed by atoms with Crippen molar-refractivity contribution in [1.29, 1.82) is 0 Å². The van der Waals surface area contributed by atoms with E-state index in [-0.39, 0.29) is 17.9 Å². The topological polar surface area (TPSA) is 74.3 Å². The molecule has 0 radical (unpaired) electrons. The van der Waals surface area contributed by atoms with Gasteiger partial charge in [-0.15, -0.1) is 0 Å². The molecule has 1 atom stereocenters. The predicted octanol–water partition coefficient (Wildman–Crippen LogP) is 2.69. The van der Waals surface area contributed by atoms with Crippen LogP contribution in [0.2, 0.25) is 0 Å². The Morgan fingerprint density at radius 3 is 2.46 bits per heavy atom. The lowest BCUT2D eigenvalue weighted by molar-refractivity contribution is -0.127. The maximum atomic E-state index is 12.9. The van der Waals surface area contributed by atoms with E-state index >= 15 is 0 Å². The molecule has 2 amide bonds. The summed E-state index contributed by atoms with van der Waals surface area (Å²) in [6.45, 7) is 5.45. The molecule has 0 spiro atoms. The first-order chi connectivity index (χ1) is 13.5. The molecule has 1 aromatic rings. The molecule has 6 heteroatoms. The van der Waals surface area contributed by atoms with Crippen LogP contribution in [0.4, 0.5) is 5.82 Å². The van der Waals surface area contributed by atoms with E-state index in [1.165, 1.54) is 26.2 Å². The zero-order valence-electron chi connectivity index (χ0n) is 16.9. The molecule has 1 aliphatic heterocycles. The van der Waals surface area contributed by atoms with E-state index < -0.39 is 5.54 Å². The number of aromatic nitrogens is 1. The van der Waals surface area contributed by atoms with Gasteiger partial charge in [-0.05, 0) is 57.8 Å². The molecule has 0 aromatic carbocycles. The van der Waals surface area contributed by atoms with Crippen molar-refractivity contribution in [3.8, 4) is 11.8 Å². The number of anilines is 1. The fraction of sp³-hybridized carbons (Fsp3) is 0.591. The Balaban J connectivity index is 1.72. The standard InChI is InChI=1S/C22H30N4O2/c1-17(26-14-6-7-15-26)21(28)25-22(11-4-3-5-12-22)13-10-19-8-9-20(23-16-19)24-18(2)27/h8-9,16-17H,3-7,11-12,14-15H2,1-2H3,(H,25,28)(H,23,24,27)/t17-/m0/s1. The molecule has 0 unspecified atom stereocenters. The summed E-state index contributed by atoms with van der Waals surface area (Å²) in [5.74, 6) is 7.00. The Kier molecular flexibility index (Phi) is 6.69. The van der Waals surface area contributed by atoms with Crippen molar-refractivity contribution >= 4 is 17.6 Å². The van der Waals surface area contributed by atoms with Crippen LogP contribution in [0.1, 0.15) is 64.4 Å². The third-order valence-electron chi connectivity index (χ3n) is 5.65. The van der Waals surface area contributed by atoms with E-state index in [9.17, 15) is 9.59 Å². The summed E-state index contributed by atoms with van der Waals surface area (Å²) in [5, 5.41) is 5.94. The quantitative estimate of drug-likeness (QED) is 0.785. The molecule has 2 aliphatic rings. The van der Waals surface area contributed by atoms with Gasteiger partial charge in [0.05, 0.1) is 6.04 Å². The minimum Gasteiger partial charge on any atom is -0.338 e. The molecular weight excluding hydrogens is 352 g/mol. The summed E-state index contributed by atoms with van der Waals surface area (Å²) in [7, 11) is 0. The third-order valence-corrected chi connectivity index (χ3v) is 5.65. The number of likely N-dealkylation sites (tertiary alicyclic amines) is 1. The van der Waals surface area contributed by atoms with Crippen molar-refractivity contribution in [1.82, 2.24) is 15.2 Å². The van der Waals surface area contributed by atoms with E-state index in [2.05, 4.69) is 32.4 Å². The monoisotopic (exact) mass is 382 g/mol. The molecule has 3 rings (SSSR count). The Morgan fingerprint density at radius 1 is 1.14 bits per heavy atom. The Hall–Kier alpha value is -2.39. The largest absolute Gasteiger partial charge is 0.338 e. The van der Waals surface area contributed by atoms with Crippen LogP contribution < -0.4 is 10.6 Å². The fourth-order valence-electron chi connectivity index (χ4n) is 3.99. The number of carbonyl (C=O) groups is 2. The van der Waals surface area contributed by atoms with Crippen LogP contribution in [-0.4, -0.2) is 46.4 Å². The molecule has 2 N–H and O–H groups in total. The van der Waals surface area contributed by atoms with Gasteiger partial charge in [0.2, 0.25) is 11.8 Å². The lowest BCUT2D eigenvalue weighted by Gasteiger charge is -2.35. The highest BCUT2D eigenvalue weighted by atomic mass is 16.2. The van der Waals surface area contributed by atoms with Crippen LogP contribution in [0.5, 0.6) is 0 Å². The highest BCUT2D eigenvalue weighted by Crippen LogP contribution is 2.28. The highest BCUT2D eigenvalue weighted by Gasteiger charge is 2.34. The molecule has 6 nitrogen and oxygen atoms in total. The smallest absolute Gasteiger partial charge is 0.238 e. The van der Waals surface area contributed by atoms with Crippen LogP contribution in [-0.2, 0) is 9.59 Å². The van der Waals surface area contributed by atoms with E-state index in [0.29, 0.717) is 5.82 Å². The Labute approximate surface area is 167 Å². The molecule has 2 fully saturated rings. The van der Waals surface area contributed by atoms with Gasteiger partial charge in [0.15, 0.2) is 0 Å². The maximum absolute atomic E-state index is 12.9. The summed E-state index contributed by atoms with van der Waals surface area (Å²) in [4.78, 5) is 30.5. The van der Waals surface area contributed by atoms with E-state index in [1.54, 1.807) is 12.3 Å². The Morgan fingerprint density at radius 2 is 1.86 bits per heavy atom. The first-order valence-electron chi connectivity index (χ1n) is 10.3. The second kappa shape index (κ2) is 9.20. The van der Waals surface area contributed by atoms with E-state index in [4.69, 9.17) is 0 Å². The molecule has 1 saturated carbocycles. The van der Waals surface area contributed by atoms with E-state index in [1.807, 2.05) is 13.0 Å². The van der Waals surface area contributed by atoms with Crippen molar-refractivity contribution in [3.63, 3.8) is 0 Å². The van der Waals surface area contributed by atoms with Gasteiger partial charge in [-0.25, -0.2) is 4.98 Å². The molecule has 150 valence electrons. The fourth-order valence-corrected chi connectivity index (χ4v) is 3.99. The first-order valence-corrected chi connectivity index (χ1v) is 10.3. The molecular formula is C22H30N4O2. The maximum Gasteiger partial charge on any atom is 0.238 e. The molecule has 2 heterocycles. The van der Waals surface area contributed by atoms with Gasteiger partial charge < -0.3 is 10.6 Å². The zero-order chi connectivity index (χ0) is 20.0. The number of nitrogens with zero attached hydrogens (tertiary/aromatic N) is 2. The normalized spacial score (nSPS) is 19.9. The average Bonchev–Trinajstić information content (AvgIpc) is 3.22. The number of nitrogens with one attached hydrogen (secondary N) is 2. The minimum atomic E-state index is -0.459. The van der Waals surface area contributed by atoms with E-state index in [0.717, 1.165) is 44.3 Å². The van der Waals surface area contributed by atoms with Gasteiger partial charge in [0, 0.05) is 18.7 Å². The van der Waals surface area contributed by atoms with Crippen LogP contribution in [0, 0.1) is 11.8 Å². The van der Waals surface area contributed by atoms with Crippen molar-refractivity contribution in [3.05, 3.63) is 23.9 Å². The van der Waals surface area contributed by atoms with Gasteiger partial charge in [0.1, 0.15) is 11.4 Å². The molecule has 1 saturated heterocycles. The van der Waals surface area contributed by atoms with Gasteiger partial charge >= 0.3 is 0 Å².